The lowest BCUT2D eigenvalue weighted by atomic mass is 9.66. The van der Waals surface area contributed by atoms with Gasteiger partial charge < -0.3 is 19.5 Å². The first-order chi connectivity index (χ1) is 17.2. The van der Waals surface area contributed by atoms with Crippen LogP contribution in [0.25, 0.3) is 0 Å². The maximum absolute atomic E-state index is 14.5. The van der Waals surface area contributed by atoms with E-state index in [4.69, 9.17) is 21.1 Å². The SMILES string of the molecule is COC1(C)CC=C(N2C(=O)C(C)(c3ccc4c(c3)CCC(C)(C)O4)C3C=C(Cl)C=CC32C)C=C1C(=O)O. The monoisotopic (exact) mass is 523 g/mol. The molecule has 0 aromatic heterocycles. The number of methoxy groups -OCH3 is 1. The van der Waals surface area contributed by atoms with Crippen molar-refractivity contribution in [2.45, 2.75) is 76.0 Å². The number of nitrogens with zero attached hydrogens (tertiary/aromatic N) is 1. The van der Waals surface area contributed by atoms with Crippen LogP contribution in [-0.4, -0.2) is 45.7 Å². The number of ether oxygens (including phenoxy) is 2. The molecule has 1 fully saturated rings. The van der Waals surface area contributed by atoms with Crippen LogP contribution < -0.4 is 4.74 Å². The van der Waals surface area contributed by atoms with Gasteiger partial charge in [0, 0.05) is 30.2 Å². The van der Waals surface area contributed by atoms with Gasteiger partial charge in [0.05, 0.1) is 16.5 Å². The number of aryl methyl sites for hydroxylation is 1. The first-order valence-corrected chi connectivity index (χ1v) is 13.1. The number of hydrogen-bond donors (Lipinski definition) is 1. The number of carbonyl (C=O) groups is 2. The quantitative estimate of drug-likeness (QED) is 0.551. The van der Waals surface area contributed by atoms with E-state index in [1.807, 2.05) is 50.3 Å². The molecule has 0 radical (unpaired) electrons. The van der Waals surface area contributed by atoms with Gasteiger partial charge in [-0.2, -0.15) is 0 Å². The lowest BCUT2D eigenvalue weighted by Crippen LogP contribution is -2.46. The predicted molar refractivity (Wildman–Crippen MR) is 142 cm³/mol. The molecule has 2 aliphatic carbocycles. The zero-order chi connectivity index (χ0) is 27.0. The van der Waals surface area contributed by atoms with Gasteiger partial charge in [0.1, 0.15) is 17.0 Å². The Morgan fingerprint density at radius 3 is 2.62 bits per heavy atom. The van der Waals surface area contributed by atoms with Crippen molar-refractivity contribution in [1.29, 1.82) is 0 Å². The molecule has 0 saturated carbocycles. The molecule has 1 amide bonds. The maximum atomic E-state index is 14.5. The normalized spacial score (nSPS) is 34.1. The highest BCUT2D eigenvalue weighted by molar-refractivity contribution is 6.31. The van der Waals surface area contributed by atoms with Gasteiger partial charge in [0.25, 0.3) is 0 Å². The van der Waals surface area contributed by atoms with Crippen LogP contribution >= 0.6 is 11.6 Å². The number of fused-ring (bicyclic) bond motifs is 2. The van der Waals surface area contributed by atoms with Gasteiger partial charge in [-0.1, -0.05) is 42.0 Å². The third kappa shape index (κ3) is 3.79. The van der Waals surface area contributed by atoms with Gasteiger partial charge in [0.15, 0.2) is 0 Å². The molecule has 37 heavy (non-hydrogen) atoms. The van der Waals surface area contributed by atoms with Crippen LogP contribution in [0.2, 0.25) is 0 Å². The van der Waals surface area contributed by atoms with Crippen molar-refractivity contribution in [3.8, 4) is 5.75 Å². The van der Waals surface area contributed by atoms with Crippen molar-refractivity contribution < 1.29 is 24.2 Å². The van der Waals surface area contributed by atoms with Crippen LogP contribution in [0.4, 0.5) is 0 Å². The molecule has 2 heterocycles. The Kier molecular flexibility index (Phi) is 5.81. The van der Waals surface area contributed by atoms with Crippen LogP contribution in [0.1, 0.15) is 58.6 Å². The van der Waals surface area contributed by atoms with Gasteiger partial charge in [0.2, 0.25) is 5.91 Å². The summed E-state index contributed by atoms with van der Waals surface area (Å²) >= 11 is 6.51. The Labute approximate surface area is 223 Å². The third-order valence-corrected chi connectivity index (χ3v) is 9.08. The predicted octanol–water partition coefficient (Wildman–Crippen LogP) is 5.66. The topological polar surface area (TPSA) is 76.1 Å². The third-order valence-electron chi connectivity index (χ3n) is 8.83. The molecule has 196 valence electrons. The van der Waals surface area contributed by atoms with Crippen LogP contribution in [0.5, 0.6) is 5.75 Å². The fourth-order valence-corrected chi connectivity index (χ4v) is 6.56. The molecule has 7 heteroatoms. The number of carbonyl (C=O) groups excluding carboxylic acids is 1. The number of benzene rings is 1. The first-order valence-electron chi connectivity index (χ1n) is 12.7. The van der Waals surface area contributed by atoms with E-state index in [1.165, 1.54) is 7.11 Å². The Morgan fingerprint density at radius 2 is 1.95 bits per heavy atom. The van der Waals surface area contributed by atoms with E-state index in [0.29, 0.717) is 17.2 Å². The summed E-state index contributed by atoms with van der Waals surface area (Å²) in [6, 6.07) is 6.06. The zero-order valence-corrected chi connectivity index (χ0v) is 23.0. The molecule has 0 spiro atoms. The molecule has 1 saturated heterocycles. The highest BCUT2D eigenvalue weighted by atomic mass is 35.5. The number of aliphatic carboxylic acids is 1. The van der Waals surface area contributed by atoms with E-state index in [2.05, 4.69) is 19.9 Å². The molecule has 4 unspecified atom stereocenters. The van der Waals surface area contributed by atoms with Gasteiger partial charge >= 0.3 is 5.97 Å². The Bertz CT molecular complexity index is 1320. The van der Waals surface area contributed by atoms with Crippen molar-refractivity contribution >= 4 is 23.5 Å². The fourth-order valence-electron chi connectivity index (χ4n) is 6.37. The average Bonchev–Trinajstić information content (AvgIpc) is 3.02. The number of carboxylic acid groups (broad SMARTS) is 1. The van der Waals surface area contributed by atoms with E-state index >= 15 is 0 Å². The van der Waals surface area contributed by atoms with Gasteiger partial charge in [-0.05, 0) is 76.8 Å². The summed E-state index contributed by atoms with van der Waals surface area (Å²) in [4.78, 5) is 28.5. The minimum Gasteiger partial charge on any atom is -0.488 e. The number of likely N-dealkylation sites (tertiary alicyclic amines) is 1. The number of hydrogen-bond acceptors (Lipinski definition) is 4. The van der Waals surface area contributed by atoms with Crippen LogP contribution in [0.15, 0.2) is 64.9 Å². The fraction of sp³-hybridized carbons (Fsp3) is 0.467. The van der Waals surface area contributed by atoms with Gasteiger partial charge in [-0.25, -0.2) is 4.79 Å². The number of rotatable bonds is 4. The summed E-state index contributed by atoms with van der Waals surface area (Å²) in [6.45, 7) is 9.90. The Balaban J connectivity index is 1.64. The van der Waals surface area contributed by atoms with Crippen molar-refractivity contribution in [3.05, 3.63) is 76.0 Å². The maximum Gasteiger partial charge on any atom is 0.334 e. The van der Waals surface area contributed by atoms with Gasteiger partial charge in [-0.3, -0.25) is 4.79 Å². The molecule has 6 nitrogen and oxygen atoms in total. The van der Waals surface area contributed by atoms with Crippen molar-refractivity contribution in [2.24, 2.45) is 5.92 Å². The summed E-state index contributed by atoms with van der Waals surface area (Å²) in [7, 11) is 1.50. The summed E-state index contributed by atoms with van der Waals surface area (Å²) < 4.78 is 11.8. The number of carboxylic acids is 1. The minimum absolute atomic E-state index is 0.0995. The Hall–Kier alpha value is -2.83. The highest BCUT2D eigenvalue weighted by Crippen LogP contribution is 2.55. The van der Waals surface area contributed by atoms with Gasteiger partial charge in [-0.15, -0.1) is 0 Å². The molecule has 0 bridgehead atoms. The van der Waals surface area contributed by atoms with E-state index in [-0.39, 0.29) is 23.0 Å². The average molecular weight is 524 g/mol. The van der Waals surface area contributed by atoms with Crippen molar-refractivity contribution in [3.63, 3.8) is 0 Å². The van der Waals surface area contributed by atoms with Crippen LogP contribution in [0.3, 0.4) is 0 Å². The number of amides is 1. The molecule has 1 aromatic carbocycles. The lowest BCUT2D eigenvalue weighted by molar-refractivity contribution is -0.136. The Morgan fingerprint density at radius 1 is 1.22 bits per heavy atom. The summed E-state index contributed by atoms with van der Waals surface area (Å²) in [5.41, 5.74) is -0.196. The standard InChI is InChI=1S/C30H34ClNO5/c1-27(2)12-9-18-15-19(7-8-23(18)37-27)30(5)24-16-20(31)10-13-28(24,3)32(26(30)35)21-11-14-29(4,36-6)22(17-21)25(33)34/h7-8,10-11,13,15-17,24H,9,12,14H2,1-6H3,(H,33,34). The molecular weight excluding hydrogens is 490 g/mol. The molecule has 2 aliphatic heterocycles. The number of halogens is 1. The minimum atomic E-state index is -1.06. The molecule has 5 rings (SSSR count). The van der Waals surface area contributed by atoms with Crippen LogP contribution in [-0.2, 0) is 26.2 Å². The largest absolute Gasteiger partial charge is 0.488 e. The van der Waals surface area contributed by atoms with E-state index in [0.717, 1.165) is 29.7 Å². The van der Waals surface area contributed by atoms with Crippen molar-refractivity contribution in [1.82, 2.24) is 4.90 Å². The molecular formula is C30H34ClNO5. The van der Waals surface area contributed by atoms with E-state index in [1.54, 1.807) is 17.9 Å². The summed E-state index contributed by atoms with van der Waals surface area (Å²) in [5, 5.41) is 10.5. The highest BCUT2D eigenvalue weighted by Gasteiger charge is 2.63. The summed E-state index contributed by atoms with van der Waals surface area (Å²) in [5.74, 6) is -0.584. The first kappa shape index (κ1) is 25.8. The number of allylic oxidation sites excluding steroid dienone is 3. The van der Waals surface area contributed by atoms with Crippen molar-refractivity contribution in [2.75, 3.05) is 7.11 Å². The van der Waals surface area contributed by atoms with E-state index < -0.39 is 22.5 Å². The molecule has 4 aliphatic rings. The second kappa shape index (κ2) is 8.34. The second-order valence-electron chi connectivity index (χ2n) is 11.7. The molecule has 1 N–H and O–H groups in total. The zero-order valence-electron chi connectivity index (χ0n) is 22.2. The summed E-state index contributed by atoms with van der Waals surface area (Å²) in [6.07, 6.45) is 11.3. The smallest absolute Gasteiger partial charge is 0.334 e. The van der Waals surface area contributed by atoms with E-state index in [9.17, 15) is 14.7 Å². The molecule has 4 atom stereocenters. The molecule has 1 aromatic rings. The van der Waals surface area contributed by atoms with Crippen LogP contribution in [0, 0.1) is 5.92 Å². The lowest BCUT2D eigenvalue weighted by Gasteiger charge is -2.41. The second-order valence-corrected chi connectivity index (χ2v) is 12.2.